The van der Waals surface area contributed by atoms with Gasteiger partial charge in [0.25, 0.3) is 0 Å². The van der Waals surface area contributed by atoms with E-state index in [1.165, 1.54) is 12.1 Å². The van der Waals surface area contributed by atoms with Crippen molar-refractivity contribution in [2.45, 2.75) is 18.9 Å². The zero-order valence-electron chi connectivity index (χ0n) is 7.82. The summed E-state index contributed by atoms with van der Waals surface area (Å²) < 4.78 is 12.7. The van der Waals surface area contributed by atoms with Crippen LogP contribution in [-0.4, -0.2) is 17.9 Å². The molecule has 3 heteroatoms. The Bertz CT molecular complexity index is 323. The lowest BCUT2D eigenvalue weighted by Gasteiger charge is -2.19. The number of benzene rings is 1. The van der Waals surface area contributed by atoms with Gasteiger partial charge in [-0.3, -0.25) is 4.79 Å². The second-order valence-electron chi connectivity index (χ2n) is 3.55. The largest absolute Gasteiger partial charge is 0.338 e. The fourth-order valence-electron chi connectivity index (χ4n) is 1.96. The van der Waals surface area contributed by atoms with Gasteiger partial charge < -0.3 is 4.90 Å². The highest BCUT2D eigenvalue weighted by Gasteiger charge is 2.24. The van der Waals surface area contributed by atoms with Crippen LogP contribution in [0.3, 0.4) is 0 Å². The third kappa shape index (κ3) is 1.62. The summed E-state index contributed by atoms with van der Waals surface area (Å²) in [7, 11) is 0. The van der Waals surface area contributed by atoms with Gasteiger partial charge in [-0.15, -0.1) is 0 Å². The van der Waals surface area contributed by atoms with Crippen LogP contribution < -0.4 is 0 Å². The Balaban J connectivity index is 2.21. The van der Waals surface area contributed by atoms with E-state index in [4.69, 9.17) is 0 Å². The number of nitrogens with zero attached hydrogens (tertiary/aromatic N) is 1. The molecular formula is C11H12FNO. The molecule has 0 aliphatic carbocycles. The lowest BCUT2D eigenvalue weighted by Crippen LogP contribution is -2.20. The fraction of sp³-hybridized carbons (Fsp3) is 0.364. The molecule has 2 rings (SSSR count). The Labute approximate surface area is 82.3 Å². The zero-order chi connectivity index (χ0) is 9.97. The Morgan fingerprint density at radius 1 is 1.36 bits per heavy atom. The number of likely N-dealkylation sites (tertiary alicyclic amines) is 1. The quantitative estimate of drug-likeness (QED) is 0.659. The van der Waals surface area contributed by atoms with Gasteiger partial charge in [0.2, 0.25) is 6.41 Å². The number of amides is 1. The minimum atomic E-state index is -0.232. The maximum atomic E-state index is 12.7. The highest BCUT2D eigenvalue weighted by Crippen LogP contribution is 2.30. The second kappa shape index (κ2) is 3.78. The van der Waals surface area contributed by atoms with Crippen LogP contribution in [0, 0.1) is 5.82 Å². The van der Waals surface area contributed by atoms with Gasteiger partial charge in [0, 0.05) is 6.54 Å². The van der Waals surface area contributed by atoms with Crippen molar-refractivity contribution >= 4 is 6.41 Å². The molecule has 1 aromatic carbocycles. The van der Waals surface area contributed by atoms with E-state index >= 15 is 0 Å². The monoisotopic (exact) mass is 193 g/mol. The van der Waals surface area contributed by atoms with Crippen LogP contribution in [-0.2, 0) is 4.79 Å². The van der Waals surface area contributed by atoms with Gasteiger partial charge in [0.1, 0.15) is 5.82 Å². The van der Waals surface area contributed by atoms with Crippen molar-refractivity contribution in [3.8, 4) is 0 Å². The first kappa shape index (κ1) is 9.19. The standard InChI is InChI=1S/C11H12FNO/c12-10-5-3-9(4-6-10)11-2-1-7-13(11)8-14/h3-6,8,11H,1-2,7H2/t11-/m0/s1. The number of hydrogen-bond acceptors (Lipinski definition) is 1. The average Bonchev–Trinajstić information content (AvgIpc) is 2.67. The van der Waals surface area contributed by atoms with Crippen LogP contribution in [0.15, 0.2) is 24.3 Å². The summed E-state index contributed by atoms with van der Waals surface area (Å²) in [5.41, 5.74) is 1.02. The Hall–Kier alpha value is -1.38. The maximum absolute atomic E-state index is 12.7. The van der Waals surface area contributed by atoms with Crippen molar-refractivity contribution in [2.24, 2.45) is 0 Å². The van der Waals surface area contributed by atoms with E-state index in [2.05, 4.69) is 0 Å². The molecule has 1 aliphatic rings. The molecule has 1 aliphatic heterocycles. The second-order valence-corrected chi connectivity index (χ2v) is 3.55. The lowest BCUT2D eigenvalue weighted by atomic mass is 10.1. The molecule has 0 saturated carbocycles. The summed E-state index contributed by atoms with van der Waals surface area (Å²) in [5, 5.41) is 0. The van der Waals surface area contributed by atoms with Crippen LogP contribution in [0.2, 0.25) is 0 Å². The van der Waals surface area contributed by atoms with Gasteiger partial charge in [-0.2, -0.15) is 0 Å². The number of halogens is 1. The van der Waals surface area contributed by atoms with E-state index in [0.29, 0.717) is 0 Å². The first-order valence-corrected chi connectivity index (χ1v) is 4.78. The highest BCUT2D eigenvalue weighted by atomic mass is 19.1. The molecule has 0 bridgehead atoms. The normalized spacial score (nSPS) is 21.2. The molecular weight excluding hydrogens is 181 g/mol. The van der Waals surface area contributed by atoms with Gasteiger partial charge in [0.05, 0.1) is 6.04 Å². The number of hydrogen-bond donors (Lipinski definition) is 0. The predicted molar refractivity (Wildman–Crippen MR) is 51.1 cm³/mol. The van der Waals surface area contributed by atoms with Gasteiger partial charge >= 0.3 is 0 Å². The van der Waals surface area contributed by atoms with Gasteiger partial charge in [0.15, 0.2) is 0 Å². The minimum Gasteiger partial charge on any atom is -0.338 e. The molecule has 14 heavy (non-hydrogen) atoms. The topological polar surface area (TPSA) is 20.3 Å². The van der Waals surface area contributed by atoms with E-state index in [-0.39, 0.29) is 11.9 Å². The van der Waals surface area contributed by atoms with Crippen LogP contribution in [0.25, 0.3) is 0 Å². The van der Waals surface area contributed by atoms with Gasteiger partial charge in [-0.1, -0.05) is 12.1 Å². The zero-order valence-corrected chi connectivity index (χ0v) is 7.82. The summed E-state index contributed by atoms with van der Waals surface area (Å²) in [4.78, 5) is 12.5. The smallest absolute Gasteiger partial charge is 0.210 e. The Morgan fingerprint density at radius 3 is 2.71 bits per heavy atom. The first-order valence-electron chi connectivity index (χ1n) is 4.78. The molecule has 1 fully saturated rings. The third-order valence-electron chi connectivity index (χ3n) is 2.68. The van der Waals surface area contributed by atoms with Crippen LogP contribution in [0.4, 0.5) is 4.39 Å². The first-order chi connectivity index (χ1) is 6.81. The van der Waals surface area contributed by atoms with Crippen molar-refractivity contribution in [1.29, 1.82) is 0 Å². The molecule has 0 N–H and O–H groups in total. The molecule has 1 saturated heterocycles. The summed E-state index contributed by atoms with van der Waals surface area (Å²) in [5.74, 6) is -0.232. The third-order valence-corrected chi connectivity index (χ3v) is 2.68. The summed E-state index contributed by atoms with van der Waals surface area (Å²) in [6.07, 6.45) is 2.88. The molecule has 74 valence electrons. The van der Waals surface area contributed by atoms with Crippen molar-refractivity contribution in [1.82, 2.24) is 4.90 Å². The van der Waals surface area contributed by atoms with E-state index in [0.717, 1.165) is 31.4 Å². The maximum Gasteiger partial charge on any atom is 0.210 e. The van der Waals surface area contributed by atoms with Crippen LogP contribution in [0.5, 0.6) is 0 Å². The van der Waals surface area contributed by atoms with Gasteiger partial charge in [-0.25, -0.2) is 4.39 Å². The van der Waals surface area contributed by atoms with E-state index < -0.39 is 0 Å². The summed E-state index contributed by atoms with van der Waals surface area (Å²) in [6.45, 7) is 0.811. The molecule has 1 atom stereocenters. The van der Waals surface area contributed by atoms with E-state index in [1.807, 2.05) is 0 Å². The number of rotatable bonds is 2. The Morgan fingerprint density at radius 2 is 2.07 bits per heavy atom. The fourth-order valence-corrected chi connectivity index (χ4v) is 1.96. The van der Waals surface area contributed by atoms with E-state index in [1.54, 1.807) is 17.0 Å². The van der Waals surface area contributed by atoms with Gasteiger partial charge in [-0.05, 0) is 30.5 Å². The predicted octanol–water partition coefficient (Wildman–Crippen LogP) is 2.12. The molecule has 0 unspecified atom stereocenters. The average molecular weight is 193 g/mol. The molecule has 0 spiro atoms. The van der Waals surface area contributed by atoms with E-state index in [9.17, 15) is 9.18 Å². The molecule has 1 amide bonds. The van der Waals surface area contributed by atoms with Crippen molar-refractivity contribution in [3.63, 3.8) is 0 Å². The number of carbonyl (C=O) groups is 1. The number of carbonyl (C=O) groups excluding carboxylic acids is 1. The molecule has 2 nitrogen and oxygen atoms in total. The SMILES string of the molecule is O=CN1CCC[C@H]1c1ccc(F)cc1. The van der Waals surface area contributed by atoms with Crippen molar-refractivity contribution < 1.29 is 9.18 Å². The molecule has 0 radical (unpaired) electrons. The lowest BCUT2D eigenvalue weighted by molar-refractivity contribution is -0.118. The minimum absolute atomic E-state index is 0.146. The molecule has 0 aromatic heterocycles. The summed E-state index contributed by atoms with van der Waals surface area (Å²) in [6, 6.07) is 6.53. The van der Waals surface area contributed by atoms with Crippen LogP contribution in [0.1, 0.15) is 24.4 Å². The van der Waals surface area contributed by atoms with Crippen LogP contribution >= 0.6 is 0 Å². The summed E-state index contributed by atoms with van der Waals surface area (Å²) >= 11 is 0. The highest BCUT2D eigenvalue weighted by molar-refractivity contribution is 5.49. The molecule has 1 aromatic rings. The van der Waals surface area contributed by atoms with Crippen molar-refractivity contribution in [2.75, 3.05) is 6.54 Å². The Kier molecular flexibility index (Phi) is 2.48. The van der Waals surface area contributed by atoms with Crippen molar-refractivity contribution in [3.05, 3.63) is 35.6 Å². The molecule has 1 heterocycles.